The maximum atomic E-state index is 12.2. The van der Waals surface area contributed by atoms with Crippen LogP contribution in [0.15, 0.2) is 60.4 Å². The first kappa shape index (κ1) is 15.6. The van der Waals surface area contributed by atoms with Gasteiger partial charge in [0.15, 0.2) is 5.65 Å². The smallest absolute Gasteiger partial charge is 0.406 e. The lowest BCUT2D eigenvalue weighted by atomic mass is 10.1. The molecule has 4 aromatic rings. The Bertz CT molecular complexity index is 1010. The summed E-state index contributed by atoms with van der Waals surface area (Å²) in [5.74, 6) is -0.265. The van der Waals surface area contributed by atoms with E-state index < -0.39 is 6.36 Å². The fraction of sp³-hybridized carbons (Fsp3) is 0.0588. The zero-order valence-electron chi connectivity index (χ0n) is 12.6. The van der Waals surface area contributed by atoms with E-state index in [0.29, 0.717) is 16.9 Å². The number of rotatable bonds is 3. The van der Waals surface area contributed by atoms with Crippen LogP contribution in [0.3, 0.4) is 0 Å². The van der Waals surface area contributed by atoms with Crippen molar-refractivity contribution in [2.24, 2.45) is 0 Å². The molecular weight excluding hydrogens is 351 g/mol. The van der Waals surface area contributed by atoms with Crippen molar-refractivity contribution in [1.82, 2.24) is 14.4 Å². The molecule has 0 aliphatic rings. The fourth-order valence-electron chi connectivity index (χ4n) is 2.47. The van der Waals surface area contributed by atoms with E-state index in [9.17, 15) is 13.2 Å². The number of ether oxygens (including phenoxy) is 1. The van der Waals surface area contributed by atoms with Crippen LogP contribution in [0.4, 0.5) is 13.2 Å². The molecule has 0 radical (unpaired) electrons. The monoisotopic (exact) mass is 361 g/mol. The van der Waals surface area contributed by atoms with E-state index in [1.165, 1.54) is 24.3 Å². The number of aromatic nitrogens is 3. The molecule has 0 aliphatic carbocycles. The summed E-state index contributed by atoms with van der Waals surface area (Å²) in [6.07, 6.45) is 0.515. The molecule has 3 heterocycles. The molecule has 0 fully saturated rings. The number of alkyl halides is 3. The van der Waals surface area contributed by atoms with Crippen molar-refractivity contribution in [3.8, 4) is 27.6 Å². The summed E-state index contributed by atoms with van der Waals surface area (Å²) < 4.78 is 42.5. The van der Waals surface area contributed by atoms with Gasteiger partial charge in [0.05, 0.1) is 28.7 Å². The van der Waals surface area contributed by atoms with Crippen molar-refractivity contribution in [2.75, 3.05) is 0 Å². The standard InChI is InChI=1S/C17H10F3N3OS/c18-17(19,20)24-12-5-3-11(4-6-12)13-10-23-14(15-2-1-7-25-15)8-22-16(23)9-21-13/h1-10H. The van der Waals surface area contributed by atoms with Crippen LogP contribution in [0, 0.1) is 0 Å². The largest absolute Gasteiger partial charge is 0.573 e. The van der Waals surface area contributed by atoms with Crippen molar-refractivity contribution in [3.05, 3.63) is 60.4 Å². The highest BCUT2D eigenvalue weighted by Gasteiger charge is 2.30. The molecule has 4 nitrogen and oxygen atoms in total. The quantitative estimate of drug-likeness (QED) is 0.514. The molecule has 0 spiro atoms. The third kappa shape index (κ3) is 3.20. The minimum atomic E-state index is -4.70. The third-order valence-corrected chi connectivity index (χ3v) is 4.45. The van der Waals surface area contributed by atoms with Gasteiger partial charge in [-0.2, -0.15) is 0 Å². The van der Waals surface area contributed by atoms with Crippen LogP contribution >= 0.6 is 11.3 Å². The van der Waals surface area contributed by atoms with Crippen molar-refractivity contribution in [3.63, 3.8) is 0 Å². The van der Waals surface area contributed by atoms with Crippen molar-refractivity contribution in [1.29, 1.82) is 0 Å². The van der Waals surface area contributed by atoms with Gasteiger partial charge in [0, 0.05) is 11.8 Å². The Hall–Kier alpha value is -2.87. The SMILES string of the molecule is FC(F)(F)Oc1ccc(-c2cn3c(-c4cccs4)cnc3cn2)cc1. The Balaban J connectivity index is 1.71. The molecule has 3 aromatic heterocycles. The zero-order valence-corrected chi connectivity index (χ0v) is 13.4. The number of halogens is 3. The lowest BCUT2D eigenvalue weighted by molar-refractivity contribution is -0.274. The van der Waals surface area contributed by atoms with Crippen LogP contribution in [0.25, 0.3) is 27.5 Å². The highest BCUT2D eigenvalue weighted by molar-refractivity contribution is 7.13. The highest BCUT2D eigenvalue weighted by atomic mass is 32.1. The predicted octanol–water partition coefficient (Wildman–Crippen LogP) is 5.02. The number of hydrogen-bond donors (Lipinski definition) is 0. The topological polar surface area (TPSA) is 39.4 Å². The average Bonchev–Trinajstić information content (AvgIpc) is 3.22. The van der Waals surface area contributed by atoms with Gasteiger partial charge in [0.25, 0.3) is 0 Å². The third-order valence-electron chi connectivity index (χ3n) is 3.55. The number of thiophene rings is 1. The lowest BCUT2D eigenvalue weighted by Gasteiger charge is -2.09. The maximum absolute atomic E-state index is 12.2. The summed E-state index contributed by atoms with van der Waals surface area (Å²) in [7, 11) is 0. The second-order valence-corrected chi connectivity index (χ2v) is 6.14. The molecule has 0 bridgehead atoms. The molecule has 4 rings (SSSR count). The Kier molecular flexibility index (Phi) is 3.69. The molecule has 0 unspecified atom stereocenters. The molecule has 126 valence electrons. The van der Waals surface area contributed by atoms with E-state index in [1.54, 1.807) is 23.7 Å². The van der Waals surface area contributed by atoms with Crippen LogP contribution in [0.5, 0.6) is 5.75 Å². The Morgan fingerprint density at radius 1 is 1.00 bits per heavy atom. The van der Waals surface area contributed by atoms with Crippen LogP contribution in [-0.4, -0.2) is 20.7 Å². The molecule has 0 aliphatic heterocycles. The van der Waals surface area contributed by atoms with Gasteiger partial charge in [-0.05, 0) is 35.7 Å². The van der Waals surface area contributed by atoms with Gasteiger partial charge in [-0.3, -0.25) is 9.38 Å². The summed E-state index contributed by atoms with van der Waals surface area (Å²) in [6.45, 7) is 0. The normalized spacial score (nSPS) is 11.8. The molecule has 25 heavy (non-hydrogen) atoms. The van der Waals surface area contributed by atoms with Gasteiger partial charge in [-0.15, -0.1) is 24.5 Å². The van der Waals surface area contributed by atoms with Gasteiger partial charge >= 0.3 is 6.36 Å². The van der Waals surface area contributed by atoms with Crippen LogP contribution in [0.1, 0.15) is 0 Å². The van der Waals surface area contributed by atoms with Gasteiger partial charge < -0.3 is 4.74 Å². The first-order valence-corrected chi connectivity index (χ1v) is 8.11. The Labute approximate surface area is 144 Å². The summed E-state index contributed by atoms with van der Waals surface area (Å²) in [5.41, 5.74) is 2.94. The van der Waals surface area contributed by atoms with Crippen molar-refractivity contribution in [2.45, 2.75) is 6.36 Å². The minimum Gasteiger partial charge on any atom is -0.406 e. The van der Waals surface area contributed by atoms with Crippen LogP contribution < -0.4 is 4.74 Å². The highest BCUT2D eigenvalue weighted by Crippen LogP contribution is 2.28. The molecule has 1 aromatic carbocycles. The van der Waals surface area contributed by atoms with Gasteiger partial charge in [0.2, 0.25) is 0 Å². The van der Waals surface area contributed by atoms with Crippen LogP contribution in [-0.2, 0) is 0 Å². The second kappa shape index (κ2) is 5.89. The van der Waals surface area contributed by atoms with Gasteiger partial charge in [-0.25, -0.2) is 4.98 Å². The number of nitrogens with zero attached hydrogens (tertiary/aromatic N) is 3. The summed E-state index contributed by atoms with van der Waals surface area (Å²) in [6, 6.07) is 9.57. The van der Waals surface area contributed by atoms with E-state index in [1.807, 2.05) is 28.1 Å². The lowest BCUT2D eigenvalue weighted by Crippen LogP contribution is -2.16. The number of imidazole rings is 1. The molecule has 0 saturated carbocycles. The average molecular weight is 361 g/mol. The molecule has 0 amide bonds. The molecule has 0 atom stereocenters. The van der Waals surface area contributed by atoms with E-state index in [2.05, 4.69) is 14.7 Å². The minimum absolute atomic E-state index is 0.265. The molecule has 0 saturated heterocycles. The molecular formula is C17H10F3N3OS. The molecule has 0 N–H and O–H groups in total. The summed E-state index contributed by atoms with van der Waals surface area (Å²) in [4.78, 5) is 9.73. The number of benzene rings is 1. The maximum Gasteiger partial charge on any atom is 0.573 e. The van der Waals surface area contributed by atoms with Crippen molar-refractivity contribution < 1.29 is 17.9 Å². The van der Waals surface area contributed by atoms with E-state index in [-0.39, 0.29) is 5.75 Å². The summed E-state index contributed by atoms with van der Waals surface area (Å²) >= 11 is 1.60. The van der Waals surface area contributed by atoms with Crippen molar-refractivity contribution >= 4 is 17.0 Å². The predicted molar refractivity (Wildman–Crippen MR) is 88.4 cm³/mol. The number of fused-ring (bicyclic) bond motifs is 1. The van der Waals surface area contributed by atoms with Crippen LogP contribution in [0.2, 0.25) is 0 Å². The van der Waals surface area contributed by atoms with E-state index in [4.69, 9.17) is 0 Å². The Morgan fingerprint density at radius 3 is 2.48 bits per heavy atom. The summed E-state index contributed by atoms with van der Waals surface area (Å²) in [5, 5.41) is 1.98. The number of hydrogen-bond acceptors (Lipinski definition) is 4. The van der Waals surface area contributed by atoms with Gasteiger partial charge in [-0.1, -0.05) is 6.07 Å². The Morgan fingerprint density at radius 2 is 1.80 bits per heavy atom. The van der Waals surface area contributed by atoms with E-state index in [0.717, 1.165) is 10.6 Å². The second-order valence-electron chi connectivity index (χ2n) is 5.19. The molecule has 8 heteroatoms. The first-order valence-electron chi connectivity index (χ1n) is 7.23. The first-order chi connectivity index (χ1) is 12.0. The van der Waals surface area contributed by atoms with Gasteiger partial charge in [0.1, 0.15) is 5.75 Å². The fourth-order valence-corrected chi connectivity index (χ4v) is 3.20. The zero-order chi connectivity index (χ0) is 17.4. The van der Waals surface area contributed by atoms with E-state index >= 15 is 0 Å².